The van der Waals surface area contributed by atoms with Crippen LogP contribution in [0.1, 0.15) is 96.5 Å². The molecule has 2 saturated heterocycles. The molecule has 0 amide bonds. The molecule has 5 N–H and O–H groups in total. The lowest BCUT2D eigenvalue weighted by Gasteiger charge is -2.66. The van der Waals surface area contributed by atoms with Crippen LogP contribution in [-0.2, 0) is 11.2 Å². The van der Waals surface area contributed by atoms with Crippen LogP contribution >= 0.6 is 0 Å². The fourth-order valence-corrected chi connectivity index (χ4v) is 9.04. The number of nitrogens with two attached hydrogens (primary N) is 2. The Morgan fingerprint density at radius 1 is 1.15 bits per heavy atom. The van der Waals surface area contributed by atoms with Crippen molar-refractivity contribution in [3.8, 4) is 0 Å². The van der Waals surface area contributed by atoms with Crippen molar-refractivity contribution in [2.45, 2.75) is 114 Å². The number of nitrogen functional groups attached to an aromatic ring is 1. The Bertz CT molecular complexity index is 834. The molecule has 184 valence electrons. The van der Waals surface area contributed by atoms with Gasteiger partial charge in [0, 0.05) is 24.3 Å². The van der Waals surface area contributed by atoms with Gasteiger partial charge in [0.2, 0.25) is 0 Å². The lowest BCUT2D eigenvalue weighted by molar-refractivity contribution is -0.290. The first-order valence-electron chi connectivity index (χ1n) is 13.5. The summed E-state index contributed by atoms with van der Waals surface area (Å²) in [6.07, 6.45) is 17.4. The van der Waals surface area contributed by atoms with E-state index >= 15 is 0 Å². The smallest absolute Gasteiger partial charge is 0.123 e. The van der Waals surface area contributed by atoms with Crippen LogP contribution in [0.2, 0.25) is 0 Å². The van der Waals surface area contributed by atoms with Crippen LogP contribution in [0, 0.1) is 23.2 Å². The number of hydrogen-bond acceptors (Lipinski definition) is 5. The van der Waals surface area contributed by atoms with Gasteiger partial charge in [-0.25, -0.2) is 4.98 Å². The molecular formula is C28H45N3O2. The lowest BCUT2D eigenvalue weighted by atomic mass is 9.51. The maximum atomic E-state index is 9.56. The Hall–Kier alpha value is -1.17. The van der Waals surface area contributed by atoms with Gasteiger partial charge < -0.3 is 21.3 Å². The van der Waals surface area contributed by atoms with Gasteiger partial charge in [0.05, 0.1) is 11.2 Å². The molecule has 1 aromatic rings. The molecule has 1 aromatic heterocycles. The highest BCUT2D eigenvalue weighted by atomic mass is 16.5. The predicted octanol–water partition coefficient (Wildman–Crippen LogP) is 5.00. The number of pyridine rings is 1. The van der Waals surface area contributed by atoms with E-state index in [2.05, 4.69) is 24.9 Å². The van der Waals surface area contributed by atoms with Gasteiger partial charge in [0.1, 0.15) is 5.82 Å². The number of nitrogens with zero attached hydrogens (tertiary/aromatic N) is 1. The summed E-state index contributed by atoms with van der Waals surface area (Å²) in [4.78, 5) is 4.36. The topological polar surface area (TPSA) is 94.4 Å². The highest BCUT2D eigenvalue weighted by molar-refractivity contribution is 5.29. The minimum absolute atomic E-state index is 0.115. The summed E-state index contributed by atoms with van der Waals surface area (Å²) in [6.45, 7) is 4.78. The number of aliphatic hydroxyl groups is 1. The first kappa shape index (κ1) is 23.6. The second kappa shape index (κ2) is 8.49. The SMILES string of the molecule is CC1(C)OC2(C3CC(Cc4ccc(N)nc4)CC4(CCCC4)C3)CCC1C(N)(CCCO)C2. The van der Waals surface area contributed by atoms with Gasteiger partial charge in [-0.15, -0.1) is 0 Å². The molecule has 3 heterocycles. The average molecular weight is 456 g/mol. The summed E-state index contributed by atoms with van der Waals surface area (Å²) in [6, 6.07) is 4.11. The van der Waals surface area contributed by atoms with E-state index in [9.17, 15) is 5.11 Å². The largest absolute Gasteiger partial charge is 0.396 e. The molecule has 0 radical (unpaired) electrons. The van der Waals surface area contributed by atoms with E-state index in [-0.39, 0.29) is 23.3 Å². The van der Waals surface area contributed by atoms with Crippen molar-refractivity contribution in [3.63, 3.8) is 0 Å². The van der Waals surface area contributed by atoms with E-state index in [1.807, 2.05) is 12.3 Å². The second-order valence-corrected chi connectivity index (χ2v) is 12.8. The van der Waals surface area contributed by atoms with Crippen LogP contribution in [0.15, 0.2) is 18.3 Å². The molecule has 33 heavy (non-hydrogen) atoms. The number of fused-ring (bicyclic) bond motifs is 3. The van der Waals surface area contributed by atoms with Crippen LogP contribution in [-0.4, -0.2) is 33.4 Å². The van der Waals surface area contributed by atoms with Crippen molar-refractivity contribution in [2.24, 2.45) is 28.9 Å². The molecular weight excluding hydrogens is 410 g/mol. The molecule has 5 unspecified atom stereocenters. The van der Waals surface area contributed by atoms with E-state index in [0.717, 1.165) is 38.5 Å². The number of hydrogen-bond donors (Lipinski definition) is 3. The zero-order valence-electron chi connectivity index (χ0n) is 20.8. The molecule has 2 aliphatic heterocycles. The molecule has 5 nitrogen and oxygen atoms in total. The van der Waals surface area contributed by atoms with Crippen LogP contribution in [0.25, 0.3) is 0 Å². The van der Waals surface area contributed by atoms with Crippen molar-refractivity contribution < 1.29 is 9.84 Å². The van der Waals surface area contributed by atoms with Crippen LogP contribution < -0.4 is 11.5 Å². The Morgan fingerprint density at radius 3 is 2.61 bits per heavy atom. The van der Waals surface area contributed by atoms with Crippen molar-refractivity contribution in [1.29, 1.82) is 0 Å². The molecule has 5 atom stereocenters. The second-order valence-electron chi connectivity index (χ2n) is 12.8. The minimum atomic E-state index is -0.223. The molecule has 3 saturated carbocycles. The molecule has 5 aliphatic rings. The summed E-state index contributed by atoms with van der Waals surface area (Å²) >= 11 is 0. The number of ether oxygens (including phenoxy) is 1. The van der Waals surface area contributed by atoms with Crippen LogP contribution in [0.4, 0.5) is 5.82 Å². The summed E-state index contributed by atoms with van der Waals surface area (Å²) in [5.74, 6) is 2.20. The predicted molar refractivity (Wildman–Crippen MR) is 133 cm³/mol. The highest BCUT2D eigenvalue weighted by Crippen LogP contribution is 2.63. The highest BCUT2D eigenvalue weighted by Gasteiger charge is 2.64. The van der Waals surface area contributed by atoms with Crippen LogP contribution in [0.5, 0.6) is 0 Å². The quantitative estimate of drug-likeness (QED) is 0.561. The third kappa shape index (κ3) is 4.34. The van der Waals surface area contributed by atoms with Gasteiger partial charge in [-0.05, 0) is 113 Å². The molecule has 5 heteroatoms. The van der Waals surface area contributed by atoms with Crippen molar-refractivity contribution in [1.82, 2.24) is 4.98 Å². The van der Waals surface area contributed by atoms with Gasteiger partial charge in [-0.3, -0.25) is 0 Å². The number of rotatable bonds is 6. The number of anilines is 1. The molecule has 0 aromatic carbocycles. The first-order valence-corrected chi connectivity index (χ1v) is 13.5. The maximum absolute atomic E-state index is 9.56. The fraction of sp³-hybridized carbons (Fsp3) is 0.821. The first-order chi connectivity index (χ1) is 15.7. The molecule has 6 rings (SSSR count). The zero-order chi connectivity index (χ0) is 23.3. The monoisotopic (exact) mass is 455 g/mol. The summed E-state index contributed by atoms with van der Waals surface area (Å²) in [5.41, 5.74) is 14.3. The molecule has 1 spiro atoms. The Morgan fingerprint density at radius 2 is 1.94 bits per heavy atom. The van der Waals surface area contributed by atoms with E-state index < -0.39 is 0 Å². The van der Waals surface area contributed by atoms with Crippen molar-refractivity contribution >= 4 is 5.82 Å². The van der Waals surface area contributed by atoms with Crippen LogP contribution in [0.3, 0.4) is 0 Å². The van der Waals surface area contributed by atoms with Gasteiger partial charge >= 0.3 is 0 Å². The fourth-order valence-electron chi connectivity index (χ4n) is 9.04. The average Bonchev–Trinajstić information content (AvgIpc) is 3.20. The van der Waals surface area contributed by atoms with E-state index in [4.69, 9.17) is 16.2 Å². The molecule has 3 aliphatic carbocycles. The third-order valence-electron chi connectivity index (χ3n) is 10.1. The van der Waals surface area contributed by atoms with Crippen molar-refractivity contribution in [3.05, 3.63) is 23.9 Å². The van der Waals surface area contributed by atoms with E-state index in [1.165, 1.54) is 50.5 Å². The summed E-state index contributed by atoms with van der Waals surface area (Å²) < 4.78 is 7.12. The molecule has 2 bridgehead atoms. The van der Waals surface area contributed by atoms with Crippen molar-refractivity contribution in [2.75, 3.05) is 12.3 Å². The van der Waals surface area contributed by atoms with Gasteiger partial charge in [0.15, 0.2) is 0 Å². The van der Waals surface area contributed by atoms with E-state index in [0.29, 0.717) is 29.0 Å². The molecule has 5 fully saturated rings. The Kier molecular flexibility index (Phi) is 6.07. The van der Waals surface area contributed by atoms with Gasteiger partial charge in [-0.1, -0.05) is 18.9 Å². The zero-order valence-corrected chi connectivity index (χ0v) is 20.8. The summed E-state index contributed by atoms with van der Waals surface area (Å²) in [7, 11) is 0. The number of aliphatic hydroxyl groups excluding tert-OH is 1. The normalized spacial score (nSPS) is 39.2. The Balaban J connectivity index is 1.43. The van der Waals surface area contributed by atoms with Gasteiger partial charge in [0.25, 0.3) is 0 Å². The standard InChI is InChI=1S/C28H45N3O2/c1-25(2)23-8-12-28(33-25,19-27(23,30)11-5-13-32)22-15-21(14-20-6-7-24(29)31-18-20)16-26(17-22)9-3-4-10-26/h6-7,18,21-23,32H,3-5,8-17,19,30H2,1-2H3,(H2,29,31). The van der Waals surface area contributed by atoms with Gasteiger partial charge in [-0.2, -0.15) is 0 Å². The Labute approximate surface area is 200 Å². The maximum Gasteiger partial charge on any atom is 0.123 e. The number of aromatic nitrogens is 1. The minimum Gasteiger partial charge on any atom is -0.396 e. The third-order valence-corrected chi connectivity index (χ3v) is 10.1. The van der Waals surface area contributed by atoms with E-state index in [1.54, 1.807) is 0 Å². The summed E-state index contributed by atoms with van der Waals surface area (Å²) in [5, 5.41) is 9.56. The lowest BCUT2D eigenvalue weighted by Crippen LogP contribution is -2.72.